The number of primary sulfonamides is 1. The minimum absolute atomic E-state index is 0.00982. The molecule has 0 unspecified atom stereocenters. The van der Waals surface area contributed by atoms with E-state index in [0.29, 0.717) is 17.7 Å². The van der Waals surface area contributed by atoms with Crippen LogP contribution in [0, 0.1) is 12.3 Å². The lowest BCUT2D eigenvalue weighted by atomic mass is 9.96. The highest BCUT2D eigenvalue weighted by Crippen LogP contribution is 2.15. The van der Waals surface area contributed by atoms with Crippen LogP contribution < -0.4 is 10.5 Å². The number of amides is 1. The summed E-state index contributed by atoms with van der Waals surface area (Å²) in [6.45, 7) is 8.28. The van der Waals surface area contributed by atoms with E-state index in [-0.39, 0.29) is 16.2 Å². The van der Waals surface area contributed by atoms with E-state index in [1.54, 1.807) is 6.92 Å². The van der Waals surface area contributed by atoms with Gasteiger partial charge < -0.3 is 5.32 Å². The van der Waals surface area contributed by atoms with E-state index in [1.807, 2.05) is 20.8 Å². The zero-order chi connectivity index (χ0) is 14.8. The third kappa shape index (κ3) is 4.65. The van der Waals surface area contributed by atoms with Crippen molar-refractivity contribution in [1.82, 2.24) is 5.32 Å². The molecule has 1 amide bonds. The summed E-state index contributed by atoms with van der Waals surface area (Å²) in [5.41, 5.74) is 1.03. The molecule has 3 N–H and O–H groups in total. The molecule has 0 saturated carbocycles. The van der Waals surface area contributed by atoms with Gasteiger partial charge in [-0.2, -0.15) is 0 Å². The summed E-state index contributed by atoms with van der Waals surface area (Å²) in [5, 5.41) is 7.86. The third-order valence-electron chi connectivity index (χ3n) is 2.55. The molecular formula is C13H20N2O3S. The van der Waals surface area contributed by atoms with Crippen LogP contribution in [0.1, 0.15) is 36.7 Å². The molecule has 1 aromatic carbocycles. The SMILES string of the molecule is Cc1cc(S(N)(=O)=O)ccc1C(=O)NCC(C)(C)C. The fraction of sp³-hybridized carbons (Fsp3) is 0.462. The van der Waals surface area contributed by atoms with E-state index in [9.17, 15) is 13.2 Å². The number of hydrogen-bond donors (Lipinski definition) is 2. The van der Waals surface area contributed by atoms with Gasteiger partial charge in [0, 0.05) is 12.1 Å². The first-order valence-electron chi connectivity index (χ1n) is 5.92. The van der Waals surface area contributed by atoms with E-state index in [1.165, 1.54) is 18.2 Å². The lowest BCUT2D eigenvalue weighted by molar-refractivity contribution is 0.0938. The van der Waals surface area contributed by atoms with Crippen molar-refractivity contribution in [2.45, 2.75) is 32.6 Å². The standard InChI is InChI=1S/C13H20N2O3S/c1-9-7-10(19(14,17)18)5-6-11(9)12(16)15-8-13(2,3)4/h5-7H,8H2,1-4H3,(H,15,16)(H2,14,17,18). The summed E-state index contributed by atoms with van der Waals surface area (Å²) >= 11 is 0. The number of rotatable bonds is 3. The first-order chi connectivity index (χ1) is 8.50. The number of carbonyl (C=O) groups is 1. The van der Waals surface area contributed by atoms with Gasteiger partial charge in [-0.3, -0.25) is 4.79 Å². The molecular weight excluding hydrogens is 264 g/mol. The van der Waals surface area contributed by atoms with Crippen molar-refractivity contribution >= 4 is 15.9 Å². The Kier molecular flexibility index (Phi) is 4.37. The second-order valence-electron chi connectivity index (χ2n) is 5.77. The van der Waals surface area contributed by atoms with Crippen LogP contribution in [0.2, 0.25) is 0 Å². The summed E-state index contributed by atoms with van der Waals surface area (Å²) in [5.74, 6) is -0.214. The van der Waals surface area contributed by atoms with Crippen LogP contribution >= 0.6 is 0 Å². The number of benzene rings is 1. The summed E-state index contributed by atoms with van der Waals surface area (Å²) in [7, 11) is -3.74. The van der Waals surface area contributed by atoms with E-state index in [0.717, 1.165) is 0 Å². The second kappa shape index (κ2) is 5.30. The summed E-state index contributed by atoms with van der Waals surface area (Å²) < 4.78 is 22.4. The topological polar surface area (TPSA) is 89.3 Å². The third-order valence-corrected chi connectivity index (χ3v) is 3.46. The molecule has 0 aliphatic heterocycles. The van der Waals surface area contributed by atoms with E-state index in [2.05, 4.69) is 5.32 Å². The molecule has 0 bridgehead atoms. The second-order valence-corrected chi connectivity index (χ2v) is 7.33. The monoisotopic (exact) mass is 284 g/mol. The van der Waals surface area contributed by atoms with Gasteiger partial charge in [0.1, 0.15) is 0 Å². The molecule has 0 saturated heterocycles. The Labute approximate surface area is 114 Å². The Morgan fingerprint density at radius 2 is 1.89 bits per heavy atom. The molecule has 0 aliphatic carbocycles. The number of nitrogens with two attached hydrogens (primary N) is 1. The van der Waals surface area contributed by atoms with Gasteiger partial charge in [0.15, 0.2) is 0 Å². The molecule has 0 aromatic heterocycles. The Balaban J connectivity index is 2.95. The molecule has 0 heterocycles. The number of hydrogen-bond acceptors (Lipinski definition) is 3. The summed E-state index contributed by atoms with van der Waals surface area (Å²) in [4.78, 5) is 12.0. The van der Waals surface area contributed by atoms with Gasteiger partial charge in [-0.05, 0) is 36.1 Å². The Morgan fingerprint density at radius 1 is 1.32 bits per heavy atom. The van der Waals surface area contributed by atoms with Crippen molar-refractivity contribution in [2.24, 2.45) is 10.6 Å². The maximum Gasteiger partial charge on any atom is 0.251 e. The van der Waals surface area contributed by atoms with Gasteiger partial charge in [0.2, 0.25) is 10.0 Å². The average molecular weight is 284 g/mol. The molecule has 0 atom stereocenters. The van der Waals surface area contributed by atoms with Crippen molar-refractivity contribution in [3.8, 4) is 0 Å². The van der Waals surface area contributed by atoms with Crippen molar-refractivity contribution in [2.75, 3.05) is 6.54 Å². The highest BCUT2D eigenvalue weighted by molar-refractivity contribution is 7.89. The van der Waals surface area contributed by atoms with Gasteiger partial charge in [-0.1, -0.05) is 20.8 Å². The first-order valence-corrected chi connectivity index (χ1v) is 7.47. The van der Waals surface area contributed by atoms with Crippen LogP contribution in [0.15, 0.2) is 23.1 Å². The van der Waals surface area contributed by atoms with Crippen LogP contribution in [-0.4, -0.2) is 20.9 Å². The average Bonchev–Trinajstić information content (AvgIpc) is 2.23. The van der Waals surface area contributed by atoms with E-state index < -0.39 is 10.0 Å². The van der Waals surface area contributed by atoms with Crippen molar-refractivity contribution in [1.29, 1.82) is 0 Å². The molecule has 1 rings (SSSR count). The molecule has 0 radical (unpaired) electrons. The lowest BCUT2D eigenvalue weighted by Gasteiger charge is -2.19. The van der Waals surface area contributed by atoms with Crippen LogP contribution in [0.25, 0.3) is 0 Å². The normalized spacial score (nSPS) is 12.3. The lowest BCUT2D eigenvalue weighted by Crippen LogP contribution is -2.32. The van der Waals surface area contributed by atoms with Crippen LogP contribution in [-0.2, 0) is 10.0 Å². The van der Waals surface area contributed by atoms with Crippen molar-refractivity contribution < 1.29 is 13.2 Å². The van der Waals surface area contributed by atoms with Gasteiger partial charge in [-0.25, -0.2) is 13.6 Å². The van der Waals surface area contributed by atoms with Crippen LogP contribution in [0.5, 0.6) is 0 Å². The Bertz CT molecular complexity index is 586. The molecule has 19 heavy (non-hydrogen) atoms. The summed E-state index contributed by atoms with van der Waals surface area (Å²) in [6.07, 6.45) is 0. The van der Waals surface area contributed by atoms with Gasteiger partial charge in [-0.15, -0.1) is 0 Å². The zero-order valence-corrected chi connectivity index (χ0v) is 12.5. The first kappa shape index (κ1) is 15.7. The largest absolute Gasteiger partial charge is 0.352 e. The quantitative estimate of drug-likeness (QED) is 0.879. The van der Waals surface area contributed by atoms with Gasteiger partial charge in [0.05, 0.1) is 4.90 Å². The summed E-state index contributed by atoms with van der Waals surface area (Å²) in [6, 6.07) is 4.22. The predicted octanol–water partition coefficient (Wildman–Crippen LogP) is 1.42. The molecule has 106 valence electrons. The fourth-order valence-corrected chi connectivity index (χ4v) is 2.11. The fourth-order valence-electron chi connectivity index (χ4n) is 1.51. The van der Waals surface area contributed by atoms with Crippen molar-refractivity contribution in [3.63, 3.8) is 0 Å². The minimum Gasteiger partial charge on any atom is -0.352 e. The Hall–Kier alpha value is -1.40. The van der Waals surface area contributed by atoms with Crippen LogP contribution in [0.3, 0.4) is 0 Å². The molecule has 0 spiro atoms. The zero-order valence-electron chi connectivity index (χ0n) is 11.6. The molecule has 1 aromatic rings. The number of sulfonamides is 1. The maximum atomic E-state index is 12.0. The van der Waals surface area contributed by atoms with Crippen molar-refractivity contribution in [3.05, 3.63) is 29.3 Å². The number of aryl methyl sites for hydroxylation is 1. The molecule has 6 heteroatoms. The number of carbonyl (C=O) groups excluding carboxylic acids is 1. The van der Waals surface area contributed by atoms with Gasteiger partial charge in [0.25, 0.3) is 5.91 Å². The highest BCUT2D eigenvalue weighted by Gasteiger charge is 2.16. The molecule has 0 aliphatic rings. The molecule has 0 fully saturated rings. The van der Waals surface area contributed by atoms with Crippen LogP contribution in [0.4, 0.5) is 0 Å². The predicted molar refractivity (Wildman–Crippen MR) is 74.3 cm³/mol. The minimum atomic E-state index is -3.74. The number of nitrogens with one attached hydrogen (secondary N) is 1. The maximum absolute atomic E-state index is 12.0. The molecule has 5 nitrogen and oxygen atoms in total. The van der Waals surface area contributed by atoms with E-state index >= 15 is 0 Å². The smallest absolute Gasteiger partial charge is 0.251 e. The van der Waals surface area contributed by atoms with Gasteiger partial charge >= 0.3 is 0 Å². The van der Waals surface area contributed by atoms with E-state index in [4.69, 9.17) is 5.14 Å². The highest BCUT2D eigenvalue weighted by atomic mass is 32.2. The Morgan fingerprint density at radius 3 is 2.32 bits per heavy atom.